The molecule has 0 saturated carbocycles. The van der Waals surface area contributed by atoms with Gasteiger partial charge in [-0.15, -0.1) is 12.4 Å². The Kier molecular flexibility index (Phi) is 7.09. The number of hydrogen-bond acceptors (Lipinski definition) is 6. The normalized spacial score (nSPS) is 12.2. The summed E-state index contributed by atoms with van der Waals surface area (Å²) in [6.45, 7) is 0. The lowest BCUT2D eigenvalue weighted by Crippen LogP contribution is -2.16. The van der Waals surface area contributed by atoms with E-state index in [0.717, 1.165) is 17.4 Å². The van der Waals surface area contributed by atoms with Gasteiger partial charge in [0.1, 0.15) is 0 Å². The second-order valence-electron chi connectivity index (χ2n) is 8.40. The van der Waals surface area contributed by atoms with Gasteiger partial charge >= 0.3 is 0 Å². The van der Waals surface area contributed by atoms with E-state index >= 15 is 0 Å². The van der Waals surface area contributed by atoms with Gasteiger partial charge in [-0.05, 0) is 60.9 Å². The number of amides is 2. The van der Waals surface area contributed by atoms with E-state index in [1.807, 2.05) is 12.1 Å². The number of carbonyl (C=O) groups is 2. The number of primary amides is 1. The van der Waals surface area contributed by atoms with Crippen molar-refractivity contribution in [1.29, 1.82) is 0 Å². The molecule has 9 nitrogen and oxygen atoms in total. The fraction of sp³-hybridized carbons (Fsp3) is 0.120. The summed E-state index contributed by atoms with van der Waals surface area (Å²) >= 11 is 6.11. The Hall–Kier alpha value is -3.73. The molecule has 5 rings (SSSR count). The summed E-state index contributed by atoms with van der Waals surface area (Å²) in [4.78, 5) is 29.1. The summed E-state index contributed by atoms with van der Waals surface area (Å²) in [5.41, 5.74) is 10.3. The van der Waals surface area contributed by atoms with Crippen molar-refractivity contribution in [1.82, 2.24) is 14.8 Å². The Morgan fingerprint density at radius 3 is 2.46 bits per heavy atom. The van der Waals surface area contributed by atoms with E-state index in [1.54, 1.807) is 22.9 Å². The number of aromatic nitrogens is 3. The number of aryl methyl sites for hydroxylation is 1. The Bertz CT molecular complexity index is 1650. The molecule has 0 aliphatic heterocycles. The maximum atomic E-state index is 12.8. The summed E-state index contributed by atoms with van der Waals surface area (Å²) in [5, 5.41) is 7.57. The fourth-order valence-electron chi connectivity index (χ4n) is 4.29. The van der Waals surface area contributed by atoms with E-state index in [9.17, 15) is 18.0 Å². The molecule has 0 bridgehead atoms. The highest BCUT2D eigenvalue weighted by Crippen LogP contribution is 2.38. The van der Waals surface area contributed by atoms with Gasteiger partial charge in [-0.1, -0.05) is 17.7 Å². The highest BCUT2D eigenvalue weighted by atomic mass is 35.5. The summed E-state index contributed by atoms with van der Waals surface area (Å²) < 4.78 is 25.4. The zero-order valence-corrected chi connectivity index (χ0v) is 21.8. The molecule has 1 aliphatic rings. The quantitative estimate of drug-likeness (QED) is 0.382. The number of anilines is 1. The van der Waals surface area contributed by atoms with Crippen LogP contribution in [0.4, 0.5) is 5.69 Å². The van der Waals surface area contributed by atoms with Crippen molar-refractivity contribution in [2.24, 2.45) is 5.73 Å². The number of nitrogens with zero attached hydrogens (tertiary/aromatic N) is 3. The van der Waals surface area contributed by atoms with Gasteiger partial charge in [0.15, 0.2) is 15.5 Å². The van der Waals surface area contributed by atoms with Crippen LogP contribution in [0.2, 0.25) is 5.02 Å². The Morgan fingerprint density at radius 1 is 1.08 bits per heavy atom. The molecule has 12 heteroatoms. The lowest BCUT2D eigenvalue weighted by atomic mass is 9.88. The molecule has 2 aromatic carbocycles. The lowest BCUT2D eigenvalue weighted by Gasteiger charge is -2.20. The van der Waals surface area contributed by atoms with Crippen molar-refractivity contribution in [2.75, 3.05) is 11.6 Å². The van der Waals surface area contributed by atoms with Crippen LogP contribution in [0.3, 0.4) is 0 Å². The number of pyridine rings is 1. The van der Waals surface area contributed by atoms with Crippen LogP contribution in [0.1, 0.15) is 32.0 Å². The smallest absolute Gasteiger partial charge is 0.269 e. The molecule has 0 unspecified atom stereocenters. The fourth-order valence-corrected chi connectivity index (χ4v) is 5.13. The third kappa shape index (κ3) is 4.95. The molecule has 0 spiro atoms. The molecule has 0 radical (unpaired) electrons. The molecule has 0 saturated heterocycles. The Balaban J connectivity index is 0.00000320. The minimum absolute atomic E-state index is 0. The number of sulfone groups is 1. The molecule has 2 amide bonds. The zero-order valence-electron chi connectivity index (χ0n) is 19.4. The number of rotatable bonds is 5. The molecular formula is C25H21Cl2N5O4S. The number of nitrogens with two attached hydrogens (primary N) is 1. The topological polar surface area (TPSA) is 137 Å². The van der Waals surface area contributed by atoms with Crippen LogP contribution in [0.5, 0.6) is 0 Å². The van der Waals surface area contributed by atoms with E-state index in [2.05, 4.69) is 15.4 Å². The second kappa shape index (κ2) is 9.97. The van der Waals surface area contributed by atoms with Gasteiger partial charge in [0.25, 0.3) is 11.8 Å². The van der Waals surface area contributed by atoms with E-state index in [0.29, 0.717) is 35.5 Å². The molecule has 190 valence electrons. The highest BCUT2D eigenvalue weighted by Gasteiger charge is 2.28. The predicted octanol–water partition coefficient (Wildman–Crippen LogP) is 3.86. The zero-order chi connectivity index (χ0) is 25.6. The number of benzene rings is 2. The number of nitrogens with one attached hydrogen (secondary N) is 1. The molecule has 0 atom stereocenters. The van der Waals surface area contributed by atoms with Crippen LogP contribution >= 0.6 is 24.0 Å². The third-order valence-electron chi connectivity index (χ3n) is 6.01. The average molecular weight is 558 g/mol. The molecule has 0 fully saturated rings. The van der Waals surface area contributed by atoms with E-state index in [1.165, 1.54) is 30.6 Å². The van der Waals surface area contributed by atoms with Gasteiger partial charge in [-0.25, -0.2) is 13.1 Å². The second-order valence-corrected chi connectivity index (χ2v) is 10.8. The molecule has 2 aromatic heterocycles. The van der Waals surface area contributed by atoms with Crippen LogP contribution in [0, 0.1) is 0 Å². The summed E-state index contributed by atoms with van der Waals surface area (Å²) in [5.74, 6) is -1.04. The van der Waals surface area contributed by atoms with Crippen molar-refractivity contribution >= 4 is 51.3 Å². The Morgan fingerprint density at radius 2 is 1.81 bits per heavy atom. The van der Waals surface area contributed by atoms with Crippen molar-refractivity contribution in [3.63, 3.8) is 0 Å². The van der Waals surface area contributed by atoms with E-state index < -0.39 is 15.7 Å². The minimum Gasteiger partial charge on any atom is -0.364 e. The van der Waals surface area contributed by atoms with Crippen LogP contribution in [0.15, 0.2) is 65.8 Å². The van der Waals surface area contributed by atoms with Crippen molar-refractivity contribution < 1.29 is 18.0 Å². The first-order valence-electron chi connectivity index (χ1n) is 10.9. The van der Waals surface area contributed by atoms with Gasteiger partial charge in [0.2, 0.25) is 0 Å². The summed E-state index contributed by atoms with van der Waals surface area (Å²) in [6, 6.07) is 13.3. The molecular weight excluding hydrogens is 537 g/mol. The molecule has 4 aromatic rings. The maximum Gasteiger partial charge on any atom is 0.269 e. The lowest BCUT2D eigenvalue weighted by molar-refractivity contribution is 0.0992. The van der Waals surface area contributed by atoms with Crippen LogP contribution in [-0.2, 0) is 22.7 Å². The number of carbonyl (C=O) groups excluding carboxylic acids is 2. The Labute approximate surface area is 224 Å². The molecule has 1 aliphatic carbocycles. The molecule has 37 heavy (non-hydrogen) atoms. The van der Waals surface area contributed by atoms with Crippen molar-refractivity contribution in [3.8, 4) is 16.9 Å². The number of hydrogen-bond donors (Lipinski definition) is 2. The minimum atomic E-state index is -3.38. The van der Waals surface area contributed by atoms with Gasteiger partial charge in [-0.2, -0.15) is 5.10 Å². The van der Waals surface area contributed by atoms with Crippen LogP contribution in [0.25, 0.3) is 16.9 Å². The van der Waals surface area contributed by atoms with Crippen molar-refractivity contribution in [2.45, 2.75) is 17.7 Å². The monoisotopic (exact) mass is 557 g/mol. The molecule has 2 heterocycles. The van der Waals surface area contributed by atoms with Gasteiger partial charge in [0.05, 0.1) is 26.9 Å². The van der Waals surface area contributed by atoms with Gasteiger partial charge in [0, 0.05) is 35.5 Å². The van der Waals surface area contributed by atoms with E-state index in [4.69, 9.17) is 17.3 Å². The first kappa shape index (κ1) is 26.3. The van der Waals surface area contributed by atoms with E-state index in [-0.39, 0.29) is 39.5 Å². The third-order valence-corrected chi connectivity index (χ3v) is 7.44. The first-order valence-corrected chi connectivity index (χ1v) is 13.2. The standard InChI is InChI=1S/C25H20ClN5O4S.ClH/c1-36(34,35)17-7-5-16(6-8-17)31-23-19(22(30-31)24(27)32)9-3-14-2-4-15(12-20(14)23)29-25(33)18-10-11-28-13-21(18)26;/h2,4-8,10-13H,3,9H2,1H3,(H2,27,32)(H,29,33);1H. The van der Waals surface area contributed by atoms with Gasteiger partial charge < -0.3 is 11.1 Å². The van der Waals surface area contributed by atoms with Crippen molar-refractivity contribution in [3.05, 3.63) is 88.3 Å². The largest absolute Gasteiger partial charge is 0.364 e. The maximum absolute atomic E-state index is 12.8. The SMILES string of the molecule is CS(=O)(=O)c1ccc(-n2nc(C(N)=O)c3c2-c2cc(NC(=O)c4ccncc4Cl)ccc2CC3)cc1.Cl. The predicted molar refractivity (Wildman–Crippen MR) is 142 cm³/mol. The van der Waals surface area contributed by atoms with Crippen LogP contribution in [-0.4, -0.2) is 41.3 Å². The van der Waals surface area contributed by atoms with Crippen LogP contribution < -0.4 is 11.1 Å². The average Bonchev–Trinajstić information content (AvgIpc) is 3.24. The number of fused-ring (bicyclic) bond motifs is 3. The summed E-state index contributed by atoms with van der Waals surface area (Å²) in [7, 11) is -3.38. The number of halogens is 2. The van der Waals surface area contributed by atoms with Gasteiger partial charge in [-0.3, -0.25) is 14.6 Å². The molecule has 3 N–H and O–H groups in total. The summed E-state index contributed by atoms with van der Waals surface area (Å²) in [6.07, 6.45) is 5.23. The highest BCUT2D eigenvalue weighted by molar-refractivity contribution is 7.90. The first-order chi connectivity index (χ1) is 17.1.